The minimum atomic E-state index is 0.0578. The number of alkyl halides is 1. The fourth-order valence-electron chi connectivity index (χ4n) is 5.25. The first-order valence-corrected chi connectivity index (χ1v) is 14.4. The van der Waals surface area contributed by atoms with E-state index < -0.39 is 0 Å². The number of nitriles is 1. The summed E-state index contributed by atoms with van der Waals surface area (Å²) >= 11 is 5.87. The number of allylic oxidation sites excluding steroid dienone is 9. The molecule has 0 radical (unpaired) electrons. The van der Waals surface area contributed by atoms with Crippen LogP contribution in [-0.2, 0) is 28.4 Å². The van der Waals surface area contributed by atoms with Gasteiger partial charge in [0, 0.05) is 25.1 Å². The van der Waals surface area contributed by atoms with Crippen molar-refractivity contribution in [1.29, 1.82) is 5.26 Å². The first-order chi connectivity index (χ1) is 20.1. The third-order valence-electron chi connectivity index (χ3n) is 7.37. The van der Waals surface area contributed by atoms with Crippen molar-refractivity contribution in [3.8, 4) is 6.07 Å². The molecule has 3 unspecified atom stereocenters. The quantitative estimate of drug-likeness (QED) is 0.220. The largest absolute Gasteiger partial charge is 0.469 e. The van der Waals surface area contributed by atoms with Gasteiger partial charge in [0.15, 0.2) is 20.4 Å². The van der Waals surface area contributed by atoms with E-state index in [2.05, 4.69) is 31.9 Å². The summed E-state index contributed by atoms with van der Waals surface area (Å²) in [5.74, 6) is 3.30. The maximum absolute atomic E-state index is 8.73. The van der Waals surface area contributed by atoms with Gasteiger partial charge in [-0.2, -0.15) is 5.26 Å². The van der Waals surface area contributed by atoms with Crippen molar-refractivity contribution in [2.24, 2.45) is 0 Å². The summed E-state index contributed by atoms with van der Waals surface area (Å²) in [6, 6.07) is 2.17. The average Bonchev–Trinajstić information content (AvgIpc) is 3.75. The number of halogens is 1. The molecule has 218 valence electrons. The number of hydrogen-bond donors (Lipinski definition) is 0. The van der Waals surface area contributed by atoms with Gasteiger partial charge in [-0.1, -0.05) is 41.0 Å². The molecular weight excluding hydrogens is 542 g/mol. The Morgan fingerprint density at radius 2 is 1.24 bits per heavy atom. The van der Waals surface area contributed by atoms with Gasteiger partial charge < -0.3 is 28.4 Å². The van der Waals surface area contributed by atoms with Crippen LogP contribution in [0.5, 0.6) is 0 Å². The number of hydrogen-bond acceptors (Lipinski definition) is 7. The first-order valence-electron chi connectivity index (χ1n) is 13.8. The van der Waals surface area contributed by atoms with E-state index in [4.69, 9.17) is 45.3 Å². The van der Waals surface area contributed by atoms with E-state index in [0.717, 1.165) is 66.9 Å². The topological polar surface area (TPSA) is 79.2 Å². The molecular formula is C33H38ClNO6. The smallest absolute Gasteiger partial charge is 0.189 e. The van der Waals surface area contributed by atoms with E-state index in [-0.39, 0.29) is 18.3 Å². The highest BCUT2D eigenvalue weighted by Crippen LogP contribution is 2.34. The zero-order valence-electron chi connectivity index (χ0n) is 23.4. The molecule has 6 aliphatic rings. The fraction of sp³-hybridized carbons (Fsp3) is 0.424. The molecule has 3 heterocycles. The summed E-state index contributed by atoms with van der Waals surface area (Å²) in [7, 11) is 0. The molecule has 3 fully saturated rings. The maximum Gasteiger partial charge on any atom is 0.189 e. The lowest BCUT2D eigenvalue weighted by molar-refractivity contribution is 0.0497. The van der Waals surface area contributed by atoms with E-state index in [0.29, 0.717) is 32.7 Å². The highest BCUT2D eigenvalue weighted by atomic mass is 35.5. The molecule has 3 saturated heterocycles. The fourth-order valence-corrected chi connectivity index (χ4v) is 5.52. The summed E-state index contributed by atoms with van der Waals surface area (Å²) in [6.45, 7) is 12.3. The van der Waals surface area contributed by atoms with Gasteiger partial charge in [0.1, 0.15) is 35.6 Å². The lowest BCUT2D eigenvalue weighted by Gasteiger charge is -2.19. The SMILES string of the molecule is C=CCC1=C(CC#N)C=C2OCOC2C1.C=CCC1=C(CCl)C=C2OCOC2C1.C=CCC1=CC=C2OCOC2C1. The average molecular weight is 580 g/mol. The highest BCUT2D eigenvalue weighted by Gasteiger charge is 2.30. The highest BCUT2D eigenvalue weighted by molar-refractivity contribution is 6.19. The molecule has 8 heteroatoms. The van der Waals surface area contributed by atoms with E-state index in [1.54, 1.807) is 0 Å². The molecule has 3 aliphatic carbocycles. The molecule has 0 amide bonds. The van der Waals surface area contributed by atoms with E-state index in [1.165, 1.54) is 16.7 Å². The molecule has 0 aromatic heterocycles. The summed E-state index contributed by atoms with van der Waals surface area (Å²) in [5, 5.41) is 8.73. The Morgan fingerprint density at radius 3 is 1.78 bits per heavy atom. The van der Waals surface area contributed by atoms with Crippen LogP contribution in [0, 0.1) is 11.3 Å². The molecule has 0 aromatic carbocycles. The van der Waals surface area contributed by atoms with Gasteiger partial charge in [0.2, 0.25) is 0 Å². The van der Waals surface area contributed by atoms with Gasteiger partial charge in [-0.15, -0.1) is 31.3 Å². The minimum Gasteiger partial charge on any atom is -0.469 e. The van der Waals surface area contributed by atoms with E-state index in [1.807, 2.05) is 36.5 Å². The third-order valence-corrected chi connectivity index (χ3v) is 7.66. The standard InChI is InChI=1S/C12H13NO2.C11H13ClO2.C10H12O2/c1-2-3-9-6-11-12(15-8-14-11)7-10(9)4-5-13;1-2-3-8-4-10-11(14-7-13-10)5-9(8)6-12;1-2-3-8-4-5-9-10(6-8)12-7-11-9/h2,7,11H,1,3-4,6,8H2;2,5,10H,1,3-4,6-7H2;2,4-5,10H,1,3,6-7H2. The molecule has 3 atom stereocenters. The van der Waals surface area contributed by atoms with Crippen molar-refractivity contribution in [2.45, 2.75) is 63.3 Å². The molecule has 0 N–H and O–H groups in total. The normalized spacial score (nSPS) is 25.3. The first kappa shape index (κ1) is 30.7. The van der Waals surface area contributed by atoms with Crippen LogP contribution in [0.2, 0.25) is 0 Å². The van der Waals surface area contributed by atoms with Crippen LogP contribution in [0.25, 0.3) is 0 Å². The van der Waals surface area contributed by atoms with Crippen molar-refractivity contribution in [3.05, 3.63) is 107 Å². The molecule has 41 heavy (non-hydrogen) atoms. The van der Waals surface area contributed by atoms with Gasteiger partial charge in [-0.25, -0.2) is 0 Å². The minimum absolute atomic E-state index is 0.0578. The van der Waals surface area contributed by atoms with Gasteiger partial charge in [0.25, 0.3) is 0 Å². The van der Waals surface area contributed by atoms with Crippen molar-refractivity contribution in [1.82, 2.24) is 0 Å². The lowest BCUT2D eigenvalue weighted by Crippen LogP contribution is -2.14. The van der Waals surface area contributed by atoms with Gasteiger partial charge in [-0.05, 0) is 48.6 Å². The summed E-state index contributed by atoms with van der Waals surface area (Å²) < 4.78 is 32.1. The van der Waals surface area contributed by atoms with Crippen molar-refractivity contribution in [2.75, 3.05) is 26.3 Å². The number of nitrogens with zero attached hydrogens (tertiary/aromatic N) is 1. The summed E-state index contributed by atoms with van der Waals surface area (Å²) in [5.41, 5.74) is 6.14. The van der Waals surface area contributed by atoms with Crippen LogP contribution < -0.4 is 0 Å². The monoisotopic (exact) mass is 579 g/mol. The van der Waals surface area contributed by atoms with Crippen molar-refractivity contribution >= 4 is 11.6 Å². The molecule has 6 rings (SSSR count). The Labute approximate surface area is 248 Å². The molecule has 0 bridgehead atoms. The van der Waals surface area contributed by atoms with Gasteiger partial charge in [-0.3, -0.25) is 0 Å². The van der Waals surface area contributed by atoms with Crippen LogP contribution in [0.4, 0.5) is 0 Å². The van der Waals surface area contributed by atoms with Gasteiger partial charge in [0.05, 0.1) is 12.5 Å². The Balaban J connectivity index is 0.000000142. The zero-order valence-corrected chi connectivity index (χ0v) is 24.2. The third kappa shape index (κ3) is 8.15. The number of ether oxygens (including phenoxy) is 6. The van der Waals surface area contributed by atoms with E-state index in [9.17, 15) is 0 Å². The Bertz CT molecular complexity index is 1230. The zero-order chi connectivity index (χ0) is 29.0. The molecule has 7 nitrogen and oxygen atoms in total. The Kier molecular flexibility index (Phi) is 11.7. The van der Waals surface area contributed by atoms with Gasteiger partial charge >= 0.3 is 0 Å². The van der Waals surface area contributed by atoms with Crippen LogP contribution in [0.1, 0.15) is 44.9 Å². The predicted molar refractivity (Wildman–Crippen MR) is 158 cm³/mol. The van der Waals surface area contributed by atoms with E-state index >= 15 is 0 Å². The van der Waals surface area contributed by atoms with Crippen LogP contribution in [0.3, 0.4) is 0 Å². The summed E-state index contributed by atoms with van der Waals surface area (Å²) in [6.07, 6.45) is 19.8. The lowest BCUT2D eigenvalue weighted by atomic mass is 9.91. The predicted octanol–water partition coefficient (Wildman–Crippen LogP) is 7.34. The van der Waals surface area contributed by atoms with Crippen molar-refractivity contribution < 1.29 is 28.4 Å². The second-order valence-electron chi connectivity index (χ2n) is 10.1. The second kappa shape index (κ2) is 15.6. The van der Waals surface area contributed by atoms with Crippen molar-refractivity contribution in [3.63, 3.8) is 0 Å². The maximum atomic E-state index is 8.73. The molecule has 0 saturated carbocycles. The number of rotatable bonds is 8. The summed E-state index contributed by atoms with van der Waals surface area (Å²) in [4.78, 5) is 0. The second-order valence-corrected chi connectivity index (χ2v) is 10.3. The Morgan fingerprint density at radius 1 is 0.732 bits per heavy atom. The Hall–Kier alpha value is -3.28. The molecule has 0 spiro atoms. The molecule has 0 aromatic rings. The van der Waals surface area contributed by atoms with Crippen LogP contribution >= 0.6 is 11.6 Å². The van der Waals surface area contributed by atoms with Crippen LogP contribution in [0.15, 0.2) is 107 Å². The number of fused-ring (bicyclic) bond motifs is 3. The molecule has 3 aliphatic heterocycles. The van der Waals surface area contributed by atoms with Crippen LogP contribution in [-0.4, -0.2) is 44.6 Å².